The van der Waals surface area contributed by atoms with Crippen molar-refractivity contribution in [3.8, 4) is 11.5 Å². The van der Waals surface area contributed by atoms with Crippen molar-refractivity contribution in [2.45, 2.75) is 19.2 Å². The fraction of sp³-hybridized carbons (Fsp3) is 0.182. The van der Waals surface area contributed by atoms with Gasteiger partial charge in [-0.15, -0.1) is 0 Å². The van der Waals surface area contributed by atoms with Gasteiger partial charge < -0.3 is 19.4 Å². The van der Waals surface area contributed by atoms with E-state index in [1.165, 1.54) is 0 Å². The van der Waals surface area contributed by atoms with Crippen LogP contribution in [0.25, 0.3) is 0 Å². The Morgan fingerprint density at radius 3 is 2.46 bits per heavy atom. The Labute approximate surface area is 162 Å². The lowest BCUT2D eigenvalue weighted by Gasteiger charge is -2.25. The summed E-state index contributed by atoms with van der Waals surface area (Å²) in [7, 11) is 0. The molecule has 2 aromatic carbocycles. The van der Waals surface area contributed by atoms with Crippen LogP contribution in [-0.4, -0.2) is 23.2 Å². The summed E-state index contributed by atoms with van der Waals surface area (Å²) in [5, 5.41) is 2.88. The SMILES string of the molecule is O=C(NCc1ccc(Cn2ccccc2=O)cc1)C1COc2ccccc2O1. The lowest BCUT2D eigenvalue weighted by molar-refractivity contribution is -0.130. The standard InChI is InChI=1S/C22H20N2O4/c25-21-7-3-4-12-24(21)14-17-10-8-16(9-11-17)13-23-22(26)20-15-27-18-5-1-2-6-19(18)28-20/h1-12,20H,13-15H2,(H,23,26). The highest BCUT2D eigenvalue weighted by Crippen LogP contribution is 2.30. The number of fused-ring (bicyclic) bond motifs is 1. The molecule has 0 aliphatic carbocycles. The Balaban J connectivity index is 1.32. The molecule has 0 bridgehead atoms. The highest BCUT2D eigenvalue weighted by atomic mass is 16.6. The van der Waals surface area contributed by atoms with Gasteiger partial charge in [0.25, 0.3) is 11.5 Å². The highest BCUT2D eigenvalue weighted by Gasteiger charge is 2.26. The molecular formula is C22H20N2O4. The van der Waals surface area contributed by atoms with Crippen LogP contribution in [0.5, 0.6) is 11.5 Å². The predicted octanol–water partition coefficient (Wildman–Crippen LogP) is 2.35. The number of nitrogens with one attached hydrogen (secondary N) is 1. The van der Waals surface area contributed by atoms with Crippen LogP contribution in [0.4, 0.5) is 0 Å². The second-order valence-corrected chi connectivity index (χ2v) is 6.57. The number of benzene rings is 2. The first-order valence-corrected chi connectivity index (χ1v) is 9.08. The summed E-state index contributed by atoms with van der Waals surface area (Å²) < 4.78 is 12.9. The second-order valence-electron chi connectivity index (χ2n) is 6.57. The van der Waals surface area contributed by atoms with Crippen LogP contribution in [0.2, 0.25) is 0 Å². The number of nitrogens with zero attached hydrogens (tertiary/aromatic N) is 1. The molecular weight excluding hydrogens is 356 g/mol. The maximum atomic E-state index is 12.4. The van der Waals surface area contributed by atoms with E-state index >= 15 is 0 Å². The van der Waals surface area contributed by atoms with Gasteiger partial charge in [-0.1, -0.05) is 42.5 Å². The van der Waals surface area contributed by atoms with E-state index in [9.17, 15) is 9.59 Å². The molecule has 1 aliphatic heterocycles. The van der Waals surface area contributed by atoms with E-state index in [-0.39, 0.29) is 18.1 Å². The molecule has 6 nitrogen and oxygen atoms in total. The van der Waals surface area contributed by atoms with Gasteiger partial charge in [-0.05, 0) is 29.3 Å². The monoisotopic (exact) mass is 376 g/mol. The Bertz CT molecular complexity index is 1030. The molecule has 1 N–H and O–H groups in total. The molecule has 0 saturated carbocycles. The zero-order valence-corrected chi connectivity index (χ0v) is 15.2. The van der Waals surface area contributed by atoms with Crippen LogP contribution >= 0.6 is 0 Å². The molecule has 6 heteroatoms. The summed E-state index contributed by atoms with van der Waals surface area (Å²) in [4.78, 5) is 24.2. The van der Waals surface area contributed by atoms with Crippen molar-refractivity contribution >= 4 is 5.91 Å². The van der Waals surface area contributed by atoms with E-state index in [1.54, 1.807) is 29.0 Å². The molecule has 0 spiro atoms. The Morgan fingerprint density at radius 2 is 1.68 bits per heavy atom. The number of pyridine rings is 1. The third-order valence-corrected chi connectivity index (χ3v) is 4.54. The third-order valence-electron chi connectivity index (χ3n) is 4.54. The fourth-order valence-electron chi connectivity index (χ4n) is 3.00. The molecule has 28 heavy (non-hydrogen) atoms. The zero-order chi connectivity index (χ0) is 19.3. The minimum absolute atomic E-state index is 0.0323. The minimum atomic E-state index is -0.667. The first-order valence-electron chi connectivity index (χ1n) is 9.08. The van der Waals surface area contributed by atoms with Crippen molar-refractivity contribution in [3.63, 3.8) is 0 Å². The second kappa shape index (κ2) is 8.00. The summed E-state index contributed by atoms with van der Waals surface area (Å²) in [6.45, 7) is 1.10. The number of hydrogen-bond acceptors (Lipinski definition) is 4. The maximum absolute atomic E-state index is 12.4. The van der Waals surface area contributed by atoms with Gasteiger partial charge in [0.15, 0.2) is 11.5 Å². The molecule has 2 heterocycles. The number of carbonyl (C=O) groups is 1. The zero-order valence-electron chi connectivity index (χ0n) is 15.2. The highest BCUT2D eigenvalue weighted by molar-refractivity contribution is 5.81. The predicted molar refractivity (Wildman–Crippen MR) is 104 cm³/mol. The molecule has 3 aromatic rings. The van der Waals surface area contributed by atoms with Gasteiger partial charge in [-0.25, -0.2) is 0 Å². The smallest absolute Gasteiger partial charge is 0.264 e. The molecule has 1 unspecified atom stereocenters. The van der Waals surface area contributed by atoms with Crippen molar-refractivity contribution < 1.29 is 14.3 Å². The molecule has 1 amide bonds. The topological polar surface area (TPSA) is 69.6 Å². The van der Waals surface area contributed by atoms with Gasteiger partial charge >= 0.3 is 0 Å². The van der Waals surface area contributed by atoms with Gasteiger partial charge in [0.2, 0.25) is 6.10 Å². The van der Waals surface area contributed by atoms with Gasteiger partial charge in [0.1, 0.15) is 6.61 Å². The van der Waals surface area contributed by atoms with Crippen LogP contribution in [0.15, 0.2) is 77.7 Å². The van der Waals surface area contributed by atoms with E-state index in [0.29, 0.717) is 24.6 Å². The van der Waals surface area contributed by atoms with Gasteiger partial charge in [0.05, 0.1) is 6.54 Å². The molecule has 1 aromatic heterocycles. The van der Waals surface area contributed by atoms with Crippen LogP contribution < -0.4 is 20.3 Å². The average Bonchev–Trinajstić information content (AvgIpc) is 2.74. The maximum Gasteiger partial charge on any atom is 0.264 e. The van der Waals surface area contributed by atoms with E-state index in [2.05, 4.69) is 5.32 Å². The van der Waals surface area contributed by atoms with E-state index in [4.69, 9.17) is 9.47 Å². The lowest BCUT2D eigenvalue weighted by atomic mass is 10.1. The quantitative estimate of drug-likeness (QED) is 0.742. The van der Waals surface area contributed by atoms with Crippen LogP contribution in [0.3, 0.4) is 0 Å². The molecule has 0 fully saturated rings. The van der Waals surface area contributed by atoms with Crippen molar-refractivity contribution in [2.75, 3.05) is 6.61 Å². The number of rotatable bonds is 5. The van der Waals surface area contributed by atoms with Crippen LogP contribution in [0, 0.1) is 0 Å². The third kappa shape index (κ3) is 4.06. The minimum Gasteiger partial charge on any atom is -0.485 e. The summed E-state index contributed by atoms with van der Waals surface area (Å²) in [5.74, 6) is 1.02. The molecule has 0 radical (unpaired) electrons. The van der Waals surface area contributed by atoms with Crippen molar-refractivity contribution in [3.05, 3.63) is 94.4 Å². The van der Waals surface area contributed by atoms with Gasteiger partial charge in [-0.3, -0.25) is 9.59 Å². The number of carbonyl (C=O) groups excluding carboxylic acids is 1. The fourth-order valence-corrected chi connectivity index (χ4v) is 3.00. The van der Waals surface area contributed by atoms with Gasteiger partial charge in [-0.2, -0.15) is 0 Å². The van der Waals surface area contributed by atoms with Crippen molar-refractivity contribution in [2.24, 2.45) is 0 Å². The normalized spacial score (nSPS) is 15.1. The van der Waals surface area contributed by atoms with E-state index in [0.717, 1.165) is 11.1 Å². The average molecular weight is 376 g/mol. The molecule has 1 atom stereocenters. The van der Waals surface area contributed by atoms with Crippen molar-refractivity contribution in [1.29, 1.82) is 0 Å². The van der Waals surface area contributed by atoms with Gasteiger partial charge in [0, 0.05) is 18.8 Å². The van der Waals surface area contributed by atoms with E-state index in [1.807, 2.05) is 48.5 Å². The molecule has 142 valence electrons. The number of ether oxygens (including phenoxy) is 2. The Kier molecular flexibility index (Phi) is 5.10. The van der Waals surface area contributed by atoms with E-state index < -0.39 is 6.10 Å². The Hall–Kier alpha value is -3.54. The first-order chi connectivity index (χ1) is 13.7. The van der Waals surface area contributed by atoms with Crippen molar-refractivity contribution in [1.82, 2.24) is 9.88 Å². The Morgan fingerprint density at radius 1 is 0.964 bits per heavy atom. The van der Waals surface area contributed by atoms with Crippen LogP contribution in [-0.2, 0) is 17.9 Å². The first kappa shape index (κ1) is 17.9. The number of para-hydroxylation sites is 2. The molecule has 0 saturated heterocycles. The summed E-state index contributed by atoms with van der Waals surface area (Å²) in [5.41, 5.74) is 1.95. The number of amides is 1. The summed E-state index contributed by atoms with van der Waals surface area (Å²) in [6, 6.07) is 20.2. The van der Waals surface area contributed by atoms with Crippen LogP contribution in [0.1, 0.15) is 11.1 Å². The lowest BCUT2D eigenvalue weighted by Crippen LogP contribution is -2.43. The summed E-state index contributed by atoms with van der Waals surface area (Å²) in [6.07, 6.45) is 1.10. The largest absolute Gasteiger partial charge is 0.485 e. The number of aromatic nitrogens is 1. The number of hydrogen-bond donors (Lipinski definition) is 1. The summed E-state index contributed by atoms with van der Waals surface area (Å²) >= 11 is 0. The molecule has 1 aliphatic rings. The molecule has 4 rings (SSSR count).